The summed E-state index contributed by atoms with van der Waals surface area (Å²) in [7, 11) is 0. The Balaban J connectivity index is 0.887. The molecule has 1 saturated carbocycles. The van der Waals surface area contributed by atoms with Crippen LogP contribution in [0.1, 0.15) is 91.0 Å². The molecule has 1 aromatic carbocycles. The van der Waals surface area contributed by atoms with Crippen LogP contribution in [-0.4, -0.2) is 105 Å². The number of carbonyl (C=O) groups is 2. The van der Waals surface area contributed by atoms with Crippen LogP contribution >= 0.6 is 0 Å². The van der Waals surface area contributed by atoms with Gasteiger partial charge in [0, 0.05) is 58.2 Å². The number of nitrogens with zero attached hydrogens (tertiary/aromatic N) is 8. The standard InChI is InChI=1S/C39H49F2N9O3/c40-36(41)34-32(26-50(45-34)30-8-17-46(18-9-30)25-28-6-11-39(12-7-28)13-15-42-16-14-39)35(51)31-24-43-49-19-10-33(44-37(31)49)47-20-22-48(23-21-47)38(52)53-27-29-4-2-1-3-5-29/h1-5,10,19,24,26,28,30,36,42H,6-9,11-18,20-23,25,27H2. The molecule has 12 nitrogen and oxygen atoms in total. The molecule has 0 radical (unpaired) electrons. The molecule has 0 atom stereocenters. The van der Waals surface area contributed by atoms with Crippen molar-refractivity contribution in [2.75, 3.05) is 63.8 Å². The Morgan fingerprint density at radius 1 is 0.906 bits per heavy atom. The molecule has 3 saturated heterocycles. The molecule has 4 aliphatic rings. The fourth-order valence-electron chi connectivity index (χ4n) is 8.86. The lowest BCUT2D eigenvalue weighted by Crippen LogP contribution is -2.49. The molecule has 1 amide bonds. The maximum absolute atomic E-state index is 14.4. The number of carbonyl (C=O) groups excluding carboxylic acids is 2. The van der Waals surface area contributed by atoms with Crippen molar-refractivity contribution in [3.63, 3.8) is 0 Å². The van der Waals surface area contributed by atoms with E-state index < -0.39 is 17.9 Å². The monoisotopic (exact) mass is 729 g/mol. The van der Waals surface area contributed by atoms with Crippen LogP contribution in [0, 0.1) is 11.3 Å². The third-order valence-electron chi connectivity index (χ3n) is 12.2. The van der Waals surface area contributed by atoms with Crippen molar-refractivity contribution >= 4 is 23.3 Å². The lowest BCUT2D eigenvalue weighted by molar-refractivity contribution is 0.0779. The summed E-state index contributed by atoms with van der Waals surface area (Å²) in [6, 6.07) is 11.3. The van der Waals surface area contributed by atoms with E-state index in [1.54, 1.807) is 21.8 Å². The number of ether oxygens (including phenoxy) is 1. The van der Waals surface area contributed by atoms with Crippen LogP contribution in [0.25, 0.3) is 5.65 Å². The van der Waals surface area contributed by atoms with E-state index in [1.165, 1.54) is 55.4 Å². The fourth-order valence-corrected chi connectivity index (χ4v) is 8.86. The number of halogens is 2. The molecule has 3 aromatic heterocycles. The van der Waals surface area contributed by atoms with Crippen molar-refractivity contribution in [2.45, 2.75) is 70.4 Å². The summed E-state index contributed by atoms with van der Waals surface area (Å²) in [5, 5.41) is 12.1. The van der Waals surface area contributed by atoms with E-state index in [4.69, 9.17) is 9.72 Å². The number of fused-ring (bicyclic) bond motifs is 1. The zero-order valence-corrected chi connectivity index (χ0v) is 30.2. The summed E-state index contributed by atoms with van der Waals surface area (Å²) in [4.78, 5) is 37.6. The van der Waals surface area contributed by atoms with Crippen molar-refractivity contribution in [3.8, 4) is 0 Å². The molecule has 6 heterocycles. The number of amides is 1. The van der Waals surface area contributed by atoms with Crippen molar-refractivity contribution < 1.29 is 23.1 Å². The topological polar surface area (TPSA) is 113 Å². The van der Waals surface area contributed by atoms with Crippen LogP contribution in [0.5, 0.6) is 0 Å². The number of piperidine rings is 2. The molecule has 0 bridgehead atoms. The smallest absolute Gasteiger partial charge is 0.410 e. The predicted molar refractivity (Wildman–Crippen MR) is 195 cm³/mol. The van der Waals surface area contributed by atoms with E-state index in [0.29, 0.717) is 37.4 Å². The van der Waals surface area contributed by atoms with Gasteiger partial charge in [-0.25, -0.2) is 23.1 Å². The lowest BCUT2D eigenvalue weighted by atomic mass is 9.65. The van der Waals surface area contributed by atoms with E-state index in [-0.39, 0.29) is 35.5 Å². The number of nitrogens with one attached hydrogen (secondary N) is 1. The van der Waals surface area contributed by atoms with Gasteiger partial charge in [0.1, 0.15) is 18.1 Å². The molecule has 282 valence electrons. The van der Waals surface area contributed by atoms with E-state index in [1.807, 2.05) is 35.2 Å². The number of aromatic nitrogens is 5. The van der Waals surface area contributed by atoms with Crippen molar-refractivity contribution in [1.29, 1.82) is 0 Å². The Labute approximate surface area is 308 Å². The number of likely N-dealkylation sites (tertiary alicyclic amines) is 1. The lowest BCUT2D eigenvalue weighted by Gasteiger charge is -2.44. The minimum absolute atomic E-state index is 0.0439. The Kier molecular flexibility index (Phi) is 10.4. The number of alkyl halides is 2. The molecule has 8 rings (SSSR count). The maximum Gasteiger partial charge on any atom is 0.410 e. The van der Waals surface area contributed by atoms with Gasteiger partial charge in [-0.1, -0.05) is 30.3 Å². The van der Waals surface area contributed by atoms with Gasteiger partial charge in [0.2, 0.25) is 5.78 Å². The summed E-state index contributed by atoms with van der Waals surface area (Å²) in [6.45, 7) is 7.33. The second-order valence-corrected chi connectivity index (χ2v) is 15.4. The highest BCUT2D eigenvalue weighted by atomic mass is 19.3. The van der Waals surface area contributed by atoms with Crippen LogP contribution in [0.2, 0.25) is 0 Å². The van der Waals surface area contributed by atoms with Gasteiger partial charge in [-0.3, -0.25) is 9.48 Å². The van der Waals surface area contributed by atoms with E-state index >= 15 is 0 Å². The fraction of sp³-hybridized carbons (Fsp3) is 0.564. The molecule has 14 heteroatoms. The summed E-state index contributed by atoms with van der Waals surface area (Å²) in [5.41, 5.74) is 1.30. The van der Waals surface area contributed by atoms with Gasteiger partial charge in [0.05, 0.1) is 23.4 Å². The summed E-state index contributed by atoms with van der Waals surface area (Å²) in [6.07, 6.45) is 10.8. The maximum atomic E-state index is 14.4. The average molecular weight is 730 g/mol. The van der Waals surface area contributed by atoms with Gasteiger partial charge in [-0.2, -0.15) is 10.2 Å². The molecular weight excluding hydrogens is 680 g/mol. The third-order valence-corrected chi connectivity index (χ3v) is 12.2. The normalized spacial score (nSPS) is 20.4. The van der Waals surface area contributed by atoms with Gasteiger partial charge in [0.25, 0.3) is 6.43 Å². The number of piperazine rings is 1. The number of ketones is 1. The van der Waals surface area contributed by atoms with E-state index in [2.05, 4.69) is 20.4 Å². The second-order valence-electron chi connectivity index (χ2n) is 15.4. The quantitative estimate of drug-likeness (QED) is 0.215. The largest absolute Gasteiger partial charge is 0.445 e. The number of hydrogen-bond donors (Lipinski definition) is 1. The summed E-state index contributed by atoms with van der Waals surface area (Å²) < 4.78 is 37.4. The van der Waals surface area contributed by atoms with Crippen LogP contribution in [0.4, 0.5) is 19.4 Å². The summed E-state index contributed by atoms with van der Waals surface area (Å²) >= 11 is 0. The Morgan fingerprint density at radius 3 is 2.36 bits per heavy atom. The Hall–Kier alpha value is -4.43. The van der Waals surface area contributed by atoms with Gasteiger partial charge in [-0.15, -0.1) is 0 Å². The van der Waals surface area contributed by atoms with Crippen LogP contribution in [0.15, 0.2) is 55.0 Å². The van der Waals surface area contributed by atoms with Crippen molar-refractivity contribution in [2.24, 2.45) is 11.3 Å². The minimum Gasteiger partial charge on any atom is -0.445 e. The first-order valence-corrected chi connectivity index (χ1v) is 19.2. The molecule has 1 spiro atoms. The van der Waals surface area contributed by atoms with Gasteiger partial charge < -0.3 is 24.8 Å². The molecular formula is C39H49F2N9O3. The number of benzene rings is 1. The first-order valence-electron chi connectivity index (χ1n) is 19.2. The SMILES string of the molecule is O=C(c1cn(C2CCN(CC3CCC4(CCNCC4)CC3)CC2)nc1C(F)F)c1cnn2ccc(N3CCN(C(=O)OCc4ccccc4)CC3)nc12. The third kappa shape index (κ3) is 7.80. The Morgan fingerprint density at radius 2 is 1.64 bits per heavy atom. The van der Waals surface area contributed by atoms with Crippen molar-refractivity contribution in [3.05, 3.63) is 77.4 Å². The van der Waals surface area contributed by atoms with Crippen LogP contribution in [0.3, 0.4) is 0 Å². The Bertz CT molecular complexity index is 1870. The van der Waals surface area contributed by atoms with Crippen LogP contribution < -0.4 is 10.2 Å². The zero-order chi connectivity index (χ0) is 36.4. The number of rotatable bonds is 9. The first-order chi connectivity index (χ1) is 25.8. The molecule has 4 fully saturated rings. The number of anilines is 1. The molecule has 1 N–H and O–H groups in total. The van der Waals surface area contributed by atoms with Gasteiger partial charge in [-0.05, 0) is 87.4 Å². The molecule has 4 aromatic rings. The van der Waals surface area contributed by atoms with Crippen LogP contribution in [-0.2, 0) is 11.3 Å². The van der Waals surface area contributed by atoms with Gasteiger partial charge in [0.15, 0.2) is 5.65 Å². The molecule has 0 unspecified atom stereocenters. The predicted octanol–water partition coefficient (Wildman–Crippen LogP) is 5.75. The van der Waals surface area contributed by atoms with E-state index in [0.717, 1.165) is 57.0 Å². The molecule has 1 aliphatic carbocycles. The average Bonchev–Trinajstić information content (AvgIpc) is 3.84. The summed E-state index contributed by atoms with van der Waals surface area (Å²) in [5.74, 6) is 0.767. The zero-order valence-electron chi connectivity index (χ0n) is 30.2. The highest BCUT2D eigenvalue weighted by Gasteiger charge is 2.37. The molecule has 3 aliphatic heterocycles. The first kappa shape index (κ1) is 35.6. The second kappa shape index (κ2) is 15.5. The minimum atomic E-state index is -2.90. The van der Waals surface area contributed by atoms with Gasteiger partial charge >= 0.3 is 6.09 Å². The highest BCUT2D eigenvalue weighted by molar-refractivity contribution is 6.13. The number of hydrogen-bond acceptors (Lipinski definition) is 9. The van der Waals surface area contributed by atoms with E-state index in [9.17, 15) is 18.4 Å². The molecule has 53 heavy (non-hydrogen) atoms. The highest BCUT2D eigenvalue weighted by Crippen LogP contribution is 2.45. The van der Waals surface area contributed by atoms with Crippen molar-refractivity contribution in [1.82, 2.24) is 39.5 Å².